The number of anilines is 1. The summed E-state index contributed by atoms with van der Waals surface area (Å²) >= 11 is 1.31. The van der Waals surface area contributed by atoms with Crippen LogP contribution in [0, 0.1) is 11.3 Å². The second-order valence-electron chi connectivity index (χ2n) is 12.7. The second-order valence-corrected chi connectivity index (χ2v) is 15.6. The van der Waals surface area contributed by atoms with Crippen molar-refractivity contribution in [2.45, 2.75) is 59.0 Å². The summed E-state index contributed by atoms with van der Waals surface area (Å²) in [5, 5.41) is 10.5. The zero-order valence-electron chi connectivity index (χ0n) is 26.1. The molecule has 236 valence electrons. The number of rotatable bonds is 11. The number of hydrogen-bond acceptors (Lipinski definition) is 9. The molecule has 0 radical (unpaired) electrons. The normalized spacial score (nSPS) is 16.3. The molecular weight excluding hydrogens is 599 g/mol. The van der Waals surface area contributed by atoms with Gasteiger partial charge < -0.3 is 10.2 Å². The first-order chi connectivity index (χ1) is 20.8. The van der Waals surface area contributed by atoms with Gasteiger partial charge in [-0.2, -0.15) is 17.8 Å². The van der Waals surface area contributed by atoms with Gasteiger partial charge in [0.2, 0.25) is 0 Å². The molecule has 0 unspecified atom stereocenters. The third-order valence-electron chi connectivity index (χ3n) is 8.17. The lowest BCUT2D eigenvalue weighted by atomic mass is 9.71. The maximum absolute atomic E-state index is 13.6. The largest absolute Gasteiger partial charge is 0.343 e. The summed E-state index contributed by atoms with van der Waals surface area (Å²) in [6.45, 7) is 8.21. The molecule has 1 amide bonds. The van der Waals surface area contributed by atoms with Crippen LogP contribution in [0.3, 0.4) is 0 Å². The molecule has 0 spiro atoms. The molecular formula is C30H41N9O3S2. The number of hydrogen-bond donors (Lipinski definition) is 3. The first-order valence-electron chi connectivity index (χ1n) is 14.7. The van der Waals surface area contributed by atoms with Crippen LogP contribution in [0.4, 0.5) is 5.82 Å². The van der Waals surface area contributed by atoms with Crippen molar-refractivity contribution < 1.29 is 13.2 Å². The van der Waals surface area contributed by atoms with E-state index in [1.807, 2.05) is 13.1 Å². The number of aromatic nitrogens is 5. The average molecular weight is 640 g/mol. The molecule has 0 saturated heterocycles. The van der Waals surface area contributed by atoms with Crippen molar-refractivity contribution in [3.63, 3.8) is 0 Å². The van der Waals surface area contributed by atoms with Gasteiger partial charge in [0.1, 0.15) is 16.2 Å². The van der Waals surface area contributed by atoms with E-state index in [-0.39, 0.29) is 23.2 Å². The molecule has 0 saturated carbocycles. The molecule has 0 fully saturated rings. The van der Waals surface area contributed by atoms with Gasteiger partial charge in [-0.3, -0.25) is 14.6 Å². The summed E-state index contributed by atoms with van der Waals surface area (Å²) in [6.07, 6.45) is 6.92. The fourth-order valence-corrected chi connectivity index (χ4v) is 6.79. The van der Waals surface area contributed by atoms with Gasteiger partial charge in [0.15, 0.2) is 5.01 Å². The van der Waals surface area contributed by atoms with Gasteiger partial charge in [0.05, 0.1) is 6.04 Å². The number of nitrogens with one attached hydrogen (secondary N) is 3. The number of pyridine rings is 2. The molecule has 14 heteroatoms. The van der Waals surface area contributed by atoms with Crippen LogP contribution < -0.4 is 10.0 Å². The lowest BCUT2D eigenvalue weighted by Gasteiger charge is -2.34. The summed E-state index contributed by atoms with van der Waals surface area (Å²) in [7, 11) is 1.19. The molecule has 12 nitrogen and oxygen atoms in total. The first-order valence-corrected chi connectivity index (χ1v) is 17.0. The number of carbonyl (C=O) groups is 1. The summed E-state index contributed by atoms with van der Waals surface area (Å²) in [5.41, 5.74) is 5.07. The Labute approximate surface area is 262 Å². The number of aromatic amines is 1. The monoisotopic (exact) mass is 639 g/mol. The van der Waals surface area contributed by atoms with Crippen LogP contribution in [0.15, 0.2) is 36.7 Å². The third-order valence-corrected chi connectivity index (χ3v) is 10.6. The third kappa shape index (κ3) is 7.60. The van der Waals surface area contributed by atoms with E-state index in [1.54, 1.807) is 24.5 Å². The van der Waals surface area contributed by atoms with Crippen molar-refractivity contribution >= 4 is 43.6 Å². The SMILES string of the molecule is CN(CC[C@@H](NC(=O)c1nc2cc3c(nc2s1)CC[C@H](C(C)(C)C)C3)c1ccc(NS(=O)(=O)N(C)C)nc1)Cc1ccn[nH]1. The van der Waals surface area contributed by atoms with E-state index in [9.17, 15) is 13.2 Å². The van der Waals surface area contributed by atoms with Crippen LogP contribution in [0.2, 0.25) is 0 Å². The number of amides is 1. The van der Waals surface area contributed by atoms with E-state index in [4.69, 9.17) is 9.97 Å². The van der Waals surface area contributed by atoms with E-state index in [0.29, 0.717) is 30.4 Å². The fraction of sp³-hybridized carbons (Fsp3) is 0.500. The molecule has 4 aromatic heterocycles. The number of aryl methyl sites for hydroxylation is 1. The van der Waals surface area contributed by atoms with Crippen LogP contribution in [0.25, 0.3) is 10.3 Å². The molecule has 2 atom stereocenters. The molecule has 1 aliphatic carbocycles. The minimum Gasteiger partial charge on any atom is -0.343 e. The van der Waals surface area contributed by atoms with Gasteiger partial charge in [-0.25, -0.2) is 15.0 Å². The highest BCUT2D eigenvalue weighted by Gasteiger charge is 2.30. The van der Waals surface area contributed by atoms with Crippen LogP contribution in [-0.4, -0.2) is 76.4 Å². The zero-order chi connectivity index (χ0) is 31.6. The molecule has 5 rings (SSSR count). The van der Waals surface area contributed by atoms with E-state index in [0.717, 1.165) is 50.9 Å². The van der Waals surface area contributed by atoms with E-state index in [1.165, 1.54) is 31.0 Å². The Bertz CT molecular complexity index is 1700. The number of H-pyrrole nitrogens is 1. The van der Waals surface area contributed by atoms with E-state index in [2.05, 4.69) is 57.0 Å². The topological polar surface area (TPSA) is 149 Å². The highest BCUT2D eigenvalue weighted by molar-refractivity contribution is 7.90. The van der Waals surface area contributed by atoms with Crippen LogP contribution in [0.1, 0.15) is 72.0 Å². The minimum atomic E-state index is -3.69. The molecule has 0 bridgehead atoms. The molecule has 0 aliphatic heterocycles. The van der Waals surface area contributed by atoms with Crippen molar-refractivity contribution in [2.75, 3.05) is 32.4 Å². The summed E-state index contributed by atoms with van der Waals surface area (Å²) in [5.74, 6) is 0.497. The Morgan fingerprint density at radius 3 is 2.64 bits per heavy atom. The van der Waals surface area contributed by atoms with Gasteiger partial charge in [0, 0.05) is 51.0 Å². The number of thiazole rings is 1. The van der Waals surface area contributed by atoms with Gasteiger partial charge >= 0.3 is 10.2 Å². The maximum Gasteiger partial charge on any atom is 0.302 e. The summed E-state index contributed by atoms with van der Waals surface area (Å²) < 4.78 is 28.0. The first kappa shape index (κ1) is 31.9. The summed E-state index contributed by atoms with van der Waals surface area (Å²) in [6, 6.07) is 7.03. The van der Waals surface area contributed by atoms with Gasteiger partial charge in [-0.1, -0.05) is 38.2 Å². The predicted molar refractivity (Wildman–Crippen MR) is 173 cm³/mol. The molecule has 4 heterocycles. The van der Waals surface area contributed by atoms with Crippen molar-refractivity contribution in [2.24, 2.45) is 11.3 Å². The van der Waals surface area contributed by atoms with Gasteiger partial charge in [-0.15, -0.1) is 0 Å². The lowest BCUT2D eigenvalue weighted by molar-refractivity contribution is 0.0931. The average Bonchev–Trinajstić information content (AvgIpc) is 3.63. The highest BCUT2D eigenvalue weighted by Crippen LogP contribution is 2.38. The predicted octanol–water partition coefficient (Wildman–Crippen LogP) is 4.17. The molecule has 0 aromatic carbocycles. The van der Waals surface area contributed by atoms with Crippen LogP contribution in [-0.2, 0) is 29.6 Å². The Balaban J connectivity index is 1.34. The highest BCUT2D eigenvalue weighted by atomic mass is 32.2. The molecule has 44 heavy (non-hydrogen) atoms. The van der Waals surface area contributed by atoms with Crippen molar-refractivity contribution in [1.29, 1.82) is 0 Å². The molecule has 1 aliphatic rings. The Morgan fingerprint density at radius 1 is 1.18 bits per heavy atom. The lowest BCUT2D eigenvalue weighted by Crippen LogP contribution is -2.32. The Hall–Kier alpha value is -3.46. The fourth-order valence-electron chi connectivity index (χ4n) is 5.38. The second kappa shape index (κ2) is 12.9. The van der Waals surface area contributed by atoms with E-state index >= 15 is 0 Å². The van der Waals surface area contributed by atoms with Crippen molar-refractivity contribution in [1.82, 2.24) is 39.7 Å². The molecule has 4 aromatic rings. The van der Waals surface area contributed by atoms with E-state index < -0.39 is 10.2 Å². The zero-order valence-corrected chi connectivity index (χ0v) is 27.7. The summed E-state index contributed by atoms with van der Waals surface area (Å²) in [4.78, 5) is 30.4. The number of fused-ring (bicyclic) bond motifs is 2. The number of carbonyl (C=O) groups excluding carboxylic acids is 1. The molecule has 3 N–H and O–H groups in total. The van der Waals surface area contributed by atoms with Crippen molar-refractivity contribution in [3.8, 4) is 0 Å². The minimum absolute atomic E-state index is 0.193. The standard InChI is InChI=1S/C30H41N9O3S2/c1-30(2,3)21-8-9-23-20(15-21)16-25-28(34-23)43-29(35-25)27(40)33-24(12-14-39(6)18-22-11-13-32-36-22)19-7-10-26(31-17-19)37-44(41,42)38(4)5/h7,10-11,13,16-17,21,24H,8-9,12,14-15,18H2,1-6H3,(H,31,37)(H,32,36)(H,33,40)/t21-,24+/m0/s1. The van der Waals surface area contributed by atoms with Crippen LogP contribution in [0.5, 0.6) is 0 Å². The Morgan fingerprint density at radius 2 is 1.98 bits per heavy atom. The Kier molecular flexibility index (Phi) is 9.35. The maximum atomic E-state index is 13.6. The van der Waals surface area contributed by atoms with Gasteiger partial charge in [0.25, 0.3) is 5.91 Å². The van der Waals surface area contributed by atoms with Crippen LogP contribution >= 0.6 is 11.3 Å². The number of nitrogens with zero attached hydrogens (tertiary/aromatic N) is 6. The smallest absolute Gasteiger partial charge is 0.302 e. The van der Waals surface area contributed by atoms with Crippen molar-refractivity contribution in [3.05, 3.63) is 64.2 Å². The van der Waals surface area contributed by atoms with Gasteiger partial charge in [-0.05, 0) is 73.4 Å². The quantitative estimate of drug-likeness (QED) is 0.221.